The molecule has 144 valence electrons. The van der Waals surface area contributed by atoms with Gasteiger partial charge in [-0.15, -0.1) is 0 Å². The number of benzene rings is 1. The van der Waals surface area contributed by atoms with Gasteiger partial charge in [0.2, 0.25) is 0 Å². The fraction of sp³-hybridized carbons (Fsp3) is 0.421. The molecule has 27 heavy (non-hydrogen) atoms. The van der Waals surface area contributed by atoms with Crippen molar-refractivity contribution in [3.63, 3.8) is 0 Å². The van der Waals surface area contributed by atoms with Gasteiger partial charge in [-0.1, -0.05) is 12.1 Å². The first-order chi connectivity index (χ1) is 13.0. The summed E-state index contributed by atoms with van der Waals surface area (Å²) >= 11 is 0. The van der Waals surface area contributed by atoms with Crippen molar-refractivity contribution in [2.75, 3.05) is 26.8 Å². The number of para-hydroxylation sites is 2. The fourth-order valence-corrected chi connectivity index (χ4v) is 3.33. The van der Waals surface area contributed by atoms with E-state index in [0.29, 0.717) is 30.3 Å². The molecule has 2 aromatic rings. The summed E-state index contributed by atoms with van der Waals surface area (Å²) in [4.78, 5) is 25.4. The van der Waals surface area contributed by atoms with Gasteiger partial charge >= 0.3 is 5.97 Å². The average Bonchev–Trinajstić information content (AvgIpc) is 3.08. The quantitative estimate of drug-likeness (QED) is 0.834. The molecule has 0 unspecified atom stereocenters. The van der Waals surface area contributed by atoms with E-state index < -0.39 is 5.97 Å². The van der Waals surface area contributed by atoms with E-state index in [9.17, 15) is 9.59 Å². The molecule has 0 aliphatic carbocycles. The predicted molar refractivity (Wildman–Crippen MR) is 97.3 cm³/mol. The number of ether oxygens (including phenoxy) is 2. The van der Waals surface area contributed by atoms with E-state index in [-0.39, 0.29) is 24.1 Å². The van der Waals surface area contributed by atoms with Crippen LogP contribution in [0.25, 0.3) is 0 Å². The normalized spacial score (nSPS) is 14.8. The number of rotatable bonds is 6. The van der Waals surface area contributed by atoms with Crippen LogP contribution >= 0.6 is 0 Å². The summed E-state index contributed by atoms with van der Waals surface area (Å²) in [5.74, 6) is 0.0756. The number of carbonyl (C=O) groups is 2. The summed E-state index contributed by atoms with van der Waals surface area (Å²) in [5.41, 5.74) is 0.866. The first-order valence-electron chi connectivity index (χ1n) is 8.82. The lowest BCUT2D eigenvalue weighted by atomic mass is 10.0. The van der Waals surface area contributed by atoms with Crippen LogP contribution < -0.4 is 9.47 Å². The Hall–Kier alpha value is -3.03. The number of hydrogen-bond acceptors (Lipinski definition) is 5. The molecule has 0 saturated carbocycles. The monoisotopic (exact) mass is 373 g/mol. The maximum atomic E-state index is 12.4. The first kappa shape index (κ1) is 18.8. The summed E-state index contributed by atoms with van der Waals surface area (Å²) in [5, 5.41) is 13.4. The summed E-state index contributed by atoms with van der Waals surface area (Å²) in [6, 6.07) is 7.30. The molecule has 1 N–H and O–H groups in total. The van der Waals surface area contributed by atoms with Gasteiger partial charge in [-0.3, -0.25) is 9.48 Å². The summed E-state index contributed by atoms with van der Waals surface area (Å²) in [6.45, 7) is 2.88. The van der Waals surface area contributed by atoms with Crippen molar-refractivity contribution in [2.45, 2.75) is 25.8 Å². The van der Waals surface area contributed by atoms with Crippen molar-refractivity contribution >= 4 is 11.9 Å². The summed E-state index contributed by atoms with van der Waals surface area (Å²) in [7, 11) is 1.56. The molecule has 3 rings (SSSR count). The van der Waals surface area contributed by atoms with Crippen LogP contribution in [0.1, 0.15) is 34.9 Å². The third-order valence-electron chi connectivity index (χ3n) is 4.86. The van der Waals surface area contributed by atoms with Crippen LogP contribution in [-0.2, 0) is 4.79 Å². The smallest absolute Gasteiger partial charge is 0.339 e. The lowest BCUT2D eigenvalue weighted by Crippen LogP contribution is -2.41. The minimum atomic E-state index is -0.972. The van der Waals surface area contributed by atoms with Gasteiger partial charge in [0.25, 0.3) is 5.91 Å². The van der Waals surface area contributed by atoms with E-state index >= 15 is 0 Å². The second-order valence-electron chi connectivity index (χ2n) is 6.44. The number of piperidine rings is 1. The van der Waals surface area contributed by atoms with Gasteiger partial charge in [0, 0.05) is 13.1 Å². The number of amides is 1. The van der Waals surface area contributed by atoms with Crippen LogP contribution in [0, 0.1) is 6.92 Å². The van der Waals surface area contributed by atoms with Crippen molar-refractivity contribution in [3.8, 4) is 11.5 Å². The number of carbonyl (C=O) groups excluding carboxylic acids is 1. The molecule has 8 heteroatoms. The Morgan fingerprint density at radius 3 is 2.48 bits per heavy atom. The standard InChI is InChI=1S/C19H23N3O5/c1-13-15(19(24)25)11-20-22(13)14-7-9-21(10-8-14)18(23)12-27-17-6-4-3-5-16(17)26-2/h3-6,11,14H,7-10,12H2,1-2H3,(H,24,25). The van der Waals surface area contributed by atoms with Gasteiger partial charge < -0.3 is 19.5 Å². The SMILES string of the molecule is COc1ccccc1OCC(=O)N1CCC(n2ncc(C(=O)O)c2C)CC1. The second-order valence-corrected chi connectivity index (χ2v) is 6.44. The molecule has 1 aromatic carbocycles. The van der Waals surface area contributed by atoms with Gasteiger partial charge in [0.15, 0.2) is 18.1 Å². The van der Waals surface area contributed by atoms with E-state index in [0.717, 1.165) is 12.8 Å². The van der Waals surface area contributed by atoms with Crippen LogP contribution in [-0.4, -0.2) is 58.5 Å². The highest BCUT2D eigenvalue weighted by Crippen LogP contribution is 2.27. The fourth-order valence-electron chi connectivity index (χ4n) is 3.33. The number of methoxy groups -OCH3 is 1. The van der Waals surface area contributed by atoms with Gasteiger partial charge in [0.05, 0.1) is 25.0 Å². The van der Waals surface area contributed by atoms with Crippen molar-refractivity contribution in [1.29, 1.82) is 0 Å². The number of hydrogen-bond donors (Lipinski definition) is 1. The van der Waals surface area contributed by atoms with Crippen molar-refractivity contribution in [2.24, 2.45) is 0 Å². The minimum absolute atomic E-state index is 0.0466. The maximum Gasteiger partial charge on any atom is 0.339 e. The van der Waals surface area contributed by atoms with Gasteiger partial charge in [-0.05, 0) is 31.9 Å². The highest BCUT2D eigenvalue weighted by atomic mass is 16.5. The number of likely N-dealkylation sites (tertiary alicyclic amines) is 1. The number of aromatic carboxylic acids is 1. The number of aromatic nitrogens is 2. The zero-order valence-corrected chi connectivity index (χ0v) is 15.4. The third-order valence-corrected chi connectivity index (χ3v) is 4.86. The molecule has 1 saturated heterocycles. The molecule has 1 aliphatic heterocycles. The molecule has 1 aliphatic rings. The topological polar surface area (TPSA) is 93.9 Å². The van der Waals surface area contributed by atoms with E-state index in [1.54, 1.807) is 35.7 Å². The van der Waals surface area contributed by atoms with Crippen LogP contribution in [0.15, 0.2) is 30.5 Å². The maximum absolute atomic E-state index is 12.4. The van der Waals surface area contributed by atoms with Crippen LogP contribution in [0.2, 0.25) is 0 Å². The van der Waals surface area contributed by atoms with Crippen molar-refractivity contribution in [3.05, 3.63) is 41.7 Å². The Balaban J connectivity index is 1.54. The van der Waals surface area contributed by atoms with Crippen LogP contribution in [0.4, 0.5) is 0 Å². The molecule has 0 spiro atoms. The molecule has 2 heterocycles. The molecule has 0 atom stereocenters. The summed E-state index contributed by atoms with van der Waals surface area (Å²) in [6.07, 6.45) is 2.83. The van der Waals surface area contributed by atoms with E-state index in [2.05, 4.69) is 5.10 Å². The molecule has 1 amide bonds. The zero-order valence-electron chi connectivity index (χ0n) is 15.4. The Kier molecular flexibility index (Phi) is 5.63. The third kappa shape index (κ3) is 4.05. The predicted octanol–water partition coefficient (Wildman–Crippen LogP) is 2.14. The van der Waals surface area contributed by atoms with Gasteiger partial charge in [-0.25, -0.2) is 4.79 Å². The van der Waals surface area contributed by atoms with E-state index in [1.807, 2.05) is 12.1 Å². The molecule has 0 radical (unpaired) electrons. The minimum Gasteiger partial charge on any atom is -0.493 e. The molecule has 8 nitrogen and oxygen atoms in total. The second kappa shape index (κ2) is 8.11. The molecule has 0 bridgehead atoms. The van der Waals surface area contributed by atoms with Crippen molar-refractivity contribution < 1.29 is 24.2 Å². The van der Waals surface area contributed by atoms with E-state index in [1.165, 1.54) is 6.20 Å². The van der Waals surface area contributed by atoms with Crippen LogP contribution in [0.5, 0.6) is 11.5 Å². The van der Waals surface area contributed by atoms with Gasteiger partial charge in [-0.2, -0.15) is 5.10 Å². The van der Waals surface area contributed by atoms with E-state index in [4.69, 9.17) is 14.6 Å². The zero-order chi connectivity index (χ0) is 19.4. The Morgan fingerprint density at radius 1 is 1.22 bits per heavy atom. The summed E-state index contributed by atoms with van der Waals surface area (Å²) < 4.78 is 12.6. The highest BCUT2D eigenvalue weighted by molar-refractivity contribution is 5.88. The Morgan fingerprint density at radius 2 is 1.89 bits per heavy atom. The molecular weight excluding hydrogens is 350 g/mol. The van der Waals surface area contributed by atoms with Crippen molar-refractivity contribution in [1.82, 2.24) is 14.7 Å². The van der Waals surface area contributed by atoms with Crippen LogP contribution in [0.3, 0.4) is 0 Å². The van der Waals surface area contributed by atoms with Gasteiger partial charge in [0.1, 0.15) is 5.56 Å². The average molecular weight is 373 g/mol. The largest absolute Gasteiger partial charge is 0.493 e. The molecule has 1 aromatic heterocycles. The first-order valence-corrected chi connectivity index (χ1v) is 8.82. The Labute approximate surface area is 157 Å². The highest BCUT2D eigenvalue weighted by Gasteiger charge is 2.26. The number of nitrogens with zero attached hydrogens (tertiary/aromatic N) is 3. The molecule has 1 fully saturated rings. The number of carboxylic acid groups (broad SMARTS) is 1. The lowest BCUT2D eigenvalue weighted by molar-refractivity contribution is -0.134. The Bertz CT molecular complexity index is 825. The lowest BCUT2D eigenvalue weighted by Gasteiger charge is -2.32. The number of carboxylic acids is 1. The molecular formula is C19H23N3O5.